The summed E-state index contributed by atoms with van der Waals surface area (Å²) in [5.74, 6) is 0. The fourth-order valence-corrected chi connectivity index (χ4v) is 3.84. The minimum atomic E-state index is 0.110. The van der Waals surface area contributed by atoms with Gasteiger partial charge in [-0.05, 0) is 32.2 Å². The Morgan fingerprint density at radius 3 is 2.78 bits per heavy atom. The van der Waals surface area contributed by atoms with Crippen LogP contribution in [0.1, 0.15) is 25.7 Å². The van der Waals surface area contributed by atoms with Crippen LogP contribution in [0.5, 0.6) is 0 Å². The summed E-state index contributed by atoms with van der Waals surface area (Å²) in [5, 5.41) is 9.77. The molecule has 3 rings (SSSR count). The van der Waals surface area contributed by atoms with Gasteiger partial charge in [0, 0.05) is 50.8 Å². The van der Waals surface area contributed by atoms with Gasteiger partial charge in [0.05, 0.1) is 6.61 Å². The maximum absolute atomic E-state index is 9.77. The summed E-state index contributed by atoms with van der Waals surface area (Å²) in [4.78, 5) is 5.24. The molecule has 104 valence electrons. The molecular formula is C14H26N2O2. The van der Waals surface area contributed by atoms with Gasteiger partial charge >= 0.3 is 0 Å². The van der Waals surface area contributed by atoms with Gasteiger partial charge in [0.15, 0.2) is 0 Å². The zero-order valence-electron chi connectivity index (χ0n) is 11.3. The van der Waals surface area contributed by atoms with E-state index in [1.807, 2.05) is 0 Å². The quantitative estimate of drug-likeness (QED) is 0.798. The first-order valence-electron chi connectivity index (χ1n) is 7.46. The molecule has 18 heavy (non-hydrogen) atoms. The van der Waals surface area contributed by atoms with Crippen LogP contribution in [0.15, 0.2) is 0 Å². The summed E-state index contributed by atoms with van der Waals surface area (Å²) in [6.45, 7) is 7.95. The topological polar surface area (TPSA) is 35.9 Å². The second-order valence-corrected chi connectivity index (χ2v) is 6.34. The number of nitrogens with zero attached hydrogens (tertiary/aromatic N) is 2. The van der Waals surface area contributed by atoms with Gasteiger partial charge in [-0.2, -0.15) is 0 Å². The van der Waals surface area contributed by atoms with Crippen molar-refractivity contribution in [3.05, 3.63) is 0 Å². The Morgan fingerprint density at radius 1 is 1.17 bits per heavy atom. The lowest BCUT2D eigenvalue weighted by atomic mass is 9.80. The fourth-order valence-electron chi connectivity index (χ4n) is 3.84. The first kappa shape index (κ1) is 12.9. The number of rotatable bonds is 3. The van der Waals surface area contributed by atoms with Crippen molar-refractivity contribution in [1.29, 1.82) is 0 Å². The Labute approximate surface area is 110 Å². The lowest BCUT2D eigenvalue weighted by molar-refractivity contribution is -0.0434. The van der Waals surface area contributed by atoms with Gasteiger partial charge in [0.1, 0.15) is 0 Å². The van der Waals surface area contributed by atoms with E-state index in [0.29, 0.717) is 6.61 Å². The zero-order chi connectivity index (χ0) is 12.4. The molecule has 0 aromatic heterocycles. The van der Waals surface area contributed by atoms with E-state index in [9.17, 15) is 5.11 Å². The fraction of sp³-hybridized carbons (Fsp3) is 1.00. The number of hydrogen-bond donors (Lipinski definition) is 1. The first-order chi connectivity index (χ1) is 8.81. The maximum atomic E-state index is 9.77. The Morgan fingerprint density at radius 2 is 2.00 bits per heavy atom. The second kappa shape index (κ2) is 5.45. The van der Waals surface area contributed by atoms with Crippen molar-refractivity contribution in [2.45, 2.75) is 31.7 Å². The SMILES string of the molecule is OCC1(CN2CCN3CCCC3C2)CCOCC1. The van der Waals surface area contributed by atoms with E-state index in [-0.39, 0.29) is 5.41 Å². The molecule has 4 nitrogen and oxygen atoms in total. The average molecular weight is 254 g/mol. The first-order valence-corrected chi connectivity index (χ1v) is 7.46. The highest BCUT2D eigenvalue weighted by atomic mass is 16.5. The van der Waals surface area contributed by atoms with E-state index in [1.54, 1.807) is 0 Å². The molecular weight excluding hydrogens is 228 g/mol. The number of ether oxygens (including phenoxy) is 1. The average Bonchev–Trinajstić information content (AvgIpc) is 2.87. The van der Waals surface area contributed by atoms with Crippen molar-refractivity contribution >= 4 is 0 Å². The van der Waals surface area contributed by atoms with Gasteiger partial charge in [0.2, 0.25) is 0 Å². The molecule has 0 aromatic rings. The van der Waals surface area contributed by atoms with Crippen molar-refractivity contribution in [3.63, 3.8) is 0 Å². The second-order valence-electron chi connectivity index (χ2n) is 6.34. The summed E-state index contributed by atoms with van der Waals surface area (Å²) in [6.07, 6.45) is 4.78. The molecule has 0 spiro atoms. The van der Waals surface area contributed by atoms with Crippen LogP contribution in [-0.4, -0.2) is 73.5 Å². The van der Waals surface area contributed by atoms with E-state index in [0.717, 1.165) is 38.6 Å². The summed E-state index contributed by atoms with van der Waals surface area (Å²) in [6, 6.07) is 0.786. The van der Waals surface area contributed by atoms with Crippen LogP contribution in [0.4, 0.5) is 0 Å². The minimum absolute atomic E-state index is 0.110. The molecule has 1 atom stereocenters. The molecule has 0 aromatic carbocycles. The van der Waals surface area contributed by atoms with E-state index < -0.39 is 0 Å². The summed E-state index contributed by atoms with van der Waals surface area (Å²) in [7, 11) is 0. The summed E-state index contributed by atoms with van der Waals surface area (Å²) >= 11 is 0. The summed E-state index contributed by atoms with van der Waals surface area (Å²) < 4.78 is 5.45. The number of fused-ring (bicyclic) bond motifs is 1. The Hall–Kier alpha value is -0.160. The van der Waals surface area contributed by atoms with Crippen molar-refractivity contribution in [1.82, 2.24) is 9.80 Å². The standard InChI is InChI=1S/C14H26N2O2/c17-12-14(3-8-18-9-4-14)11-15-6-7-16-5-1-2-13(16)10-15/h13,17H,1-12H2. The van der Waals surface area contributed by atoms with Gasteiger partial charge in [-0.3, -0.25) is 9.80 Å². The normalized spacial score (nSPS) is 33.5. The maximum Gasteiger partial charge on any atom is 0.0501 e. The molecule has 1 N–H and O–H groups in total. The molecule has 3 saturated heterocycles. The van der Waals surface area contributed by atoms with E-state index >= 15 is 0 Å². The third-order valence-corrected chi connectivity index (χ3v) is 5.12. The molecule has 0 amide bonds. The van der Waals surface area contributed by atoms with Crippen molar-refractivity contribution in [3.8, 4) is 0 Å². The lowest BCUT2D eigenvalue weighted by Gasteiger charge is -2.44. The van der Waals surface area contributed by atoms with Gasteiger partial charge in [-0.1, -0.05) is 0 Å². The molecule has 4 heteroatoms. The predicted molar refractivity (Wildman–Crippen MR) is 70.6 cm³/mol. The van der Waals surface area contributed by atoms with Crippen LogP contribution in [0.25, 0.3) is 0 Å². The predicted octanol–water partition coefficient (Wildman–Crippen LogP) is 0.556. The molecule has 0 radical (unpaired) electrons. The lowest BCUT2D eigenvalue weighted by Crippen LogP contribution is -2.54. The Balaban J connectivity index is 1.58. The minimum Gasteiger partial charge on any atom is -0.396 e. The van der Waals surface area contributed by atoms with E-state index in [4.69, 9.17) is 4.74 Å². The van der Waals surface area contributed by atoms with Crippen molar-refractivity contribution in [2.75, 3.05) is 52.5 Å². The van der Waals surface area contributed by atoms with Gasteiger partial charge in [0.25, 0.3) is 0 Å². The van der Waals surface area contributed by atoms with Crippen LogP contribution in [0, 0.1) is 5.41 Å². The van der Waals surface area contributed by atoms with Gasteiger partial charge in [-0.15, -0.1) is 0 Å². The molecule has 3 fully saturated rings. The molecule has 0 saturated carbocycles. The largest absolute Gasteiger partial charge is 0.396 e. The summed E-state index contributed by atoms with van der Waals surface area (Å²) in [5.41, 5.74) is 0.110. The highest BCUT2D eigenvalue weighted by molar-refractivity contribution is 4.91. The highest BCUT2D eigenvalue weighted by Gasteiger charge is 2.37. The number of hydrogen-bond acceptors (Lipinski definition) is 4. The zero-order valence-corrected chi connectivity index (χ0v) is 11.3. The smallest absolute Gasteiger partial charge is 0.0501 e. The van der Waals surface area contributed by atoms with E-state index in [2.05, 4.69) is 9.80 Å². The van der Waals surface area contributed by atoms with Crippen molar-refractivity contribution < 1.29 is 9.84 Å². The van der Waals surface area contributed by atoms with Gasteiger partial charge in [-0.25, -0.2) is 0 Å². The molecule has 0 aliphatic carbocycles. The highest BCUT2D eigenvalue weighted by Crippen LogP contribution is 2.32. The van der Waals surface area contributed by atoms with Gasteiger partial charge < -0.3 is 9.84 Å². The number of aliphatic hydroxyl groups excluding tert-OH is 1. The molecule has 0 bridgehead atoms. The van der Waals surface area contributed by atoms with Crippen LogP contribution >= 0.6 is 0 Å². The van der Waals surface area contributed by atoms with Crippen LogP contribution in [0.2, 0.25) is 0 Å². The monoisotopic (exact) mass is 254 g/mol. The van der Waals surface area contributed by atoms with E-state index in [1.165, 1.54) is 39.0 Å². The number of piperazine rings is 1. The van der Waals surface area contributed by atoms with Crippen molar-refractivity contribution in [2.24, 2.45) is 5.41 Å². The molecule has 1 unspecified atom stereocenters. The Kier molecular flexibility index (Phi) is 3.89. The van der Waals surface area contributed by atoms with Crippen LogP contribution in [0.3, 0.4) is 0 Å². The van der Waals surface area contributed by atoms with Crippen LogP contribution in [-0.2, 0) is 4.74 Å². The molecule has 3 heterocycles. The molecule has 3 aliphatic heterocycles. The third kappa shape index (κ3) is 2.57. The van der Waals surface area contributed by atoms with Crippen LogP contribution < -0.4 is 0 Å². The molecule has 3 aliphatic rings. The Bertz CT molecular complexity index is 279. The third-order valence-electron chi connectivity index (χ3n) is 5.12. The number of aliphatic hydroxyl groups is 1.